The highest BCUT2D eigenvalue weighted by atomic mass is 16.5. The van der Waals surface area contributed by atoms with Gasteiger partial charge in [0, 0.05) is 18.1 Å². The number of nitrogens with one attached hydrogen (secondary N) is 2. The summed E-state index contributed by atoms with van der Waals surface area (Å²) in [6, 6.07) is 16.1. The smallest absolute Gasteiger partial charge is 0.125 e. The number of rotatable bonds is 8. The Hall–Kier alpha value is -2.79. The number of nitrogens with zero attached hydrogens (tertiary/aromatic N) is 1. The molecule has 0 saturated carbocycles. The molecule has 0 aliphatic heterocycles. The molecule has 1 aromatic heterocycles. The first kappa shape index (κ1) is 16.1. The van der Waals surface area contributed by atoms with E-state index in [0.29, 0.717) is 19.8 Å². The van der Waals surface area contributed by atoms with Crippen molar-refractivity contribution in [3.05, 3.63) is 77.9 Å². The summed E-state index contributed by atoms with van der Waals surface area (Å²) in [6.07, 6.45) is 3.57. The summed E-state index contributed by atoms with van der Waals surface area (Å²) in [4.78, 5) is 7.27. The van der Waals surface area contributed by atoms with Crippen molar-refractivity contribution in [2.75, 3.05) is 12.4 Å². The molecule has 3 aromatic rings. The zero-order chi connectivity index (χ0) is 16.6. The van der Waals surface area contributed by atoms with Gasteiger partial charge in [0.05, 0.1) is 26.9 Å². The SMILES string of the molecule is COc1ccc(COCc2cccc(NCc3ncc[nH]3)c2)cc1. The molecule has 0 radical (unpaired) electrons. The molecular weight excluding hydrogens is 302 g/mol. The van der Waals surface area contributed by atoms with Crippen LogP contribution in [-0.4, -0.2) is 17.1 Å². The van der Waals surface area contributed by atoms with Gasteiger partial charge in [-0.05, 0) is 35.4 Å². The molecule has 0 atom stereocenters. The normalized spacial score (nSPS) is 10.5. The molecule has 5 heteroatoms. The Balaban J connectivity index is 1.48. The van der Waals surface area contributed by atoms with Gasteiger partial charge in [-0.25, -0.2) is 4.98 Å². The van der Waals surface area contributed by atoms with Gasteiger partial charge in [0.15, 0.2) is 0 Å². The van der Waals surface area contributed by atoms with Crippen LogP contribution in [0.2, 0.25) is 0 Å². The van der Waals surface area contributed by atoms with Crippen LogP contribution in [0.3, 0.4) is 0 Å². The number of imidazole rings is 1. The molecule has 0 aliphatic rings. The summed E-state index contributed by atoms with van der Waals surface area (Å²) < 4.78 is 10.9. The number of methoxy groups -OCH3 is 1. The van der Waals surface area contributed by atoms with Crippen molar-refractivity contribution in [2.45, 2.75) is 19.8 Å². The van der Waals surface area contributed by atoms with Crippen LogP contribution in [0, 0.1) is 0 Å². The van der Waals surface area contributed by atoms with Crippen molar-refractivity contribution < 1.29 is 9.47 Å². The van der Waals surface area contributed by atoms with E-state index in [2.05, 4.69) is 27.4 Å². The number of H-pyrrole nitrogens is 1. The summed E-state index contributed by atoms with van der Waals surface area (Å²) in [6.45, 7) is 1.82. The summed E-state index contributed by atoms with van der Waals surface area (Å²) >= 11 is 0. The van der Waals surface area contributed by atoms with E-state index < -0.39 is 0 Å². The van der Waals surface area contributed by atoms with E-state index in [-0.39, 0.29) is 0 Å². The van der Waals surface area contributed by atoms with Crippen LogP contribution in [0.5, 0.6) is 5.75 Å². The number of aromatic nitrogens is 2. The average Bonchev–Trinajstić information content (AvgIpc) is 3.15. The standard InChI is InChI=1S/C19H21N3O2/c1-23-18-7-5-15(6-8-18)13-24-14-16-3-2-4-17(11-16)22-12-19-20-9-10-21-19/h2-11,22H,12-14H2,1H3,(H,20,21). The van der Waals surface area contributed by atoms with Crippen LogP contribution in [0.15, 0.2) is 60.9 Å². The highest BCUT2D eigenvalue weighted by Crippen LogP contribution is 2.15. The number of benzene rings is 2. The maximum Gasteiger partial charge on any atom is 0.125 e. The molecule has 5 nitrogen and oxygen atoms in total. The van der Waals surface area contributed by atoms with Gasteiger partial charge in [-0.3, -0.25) is 0 Å². The second-order valence-corrected chi connectivity index (χ2v) is 5.43. The van der Waals surface area contributed by atoms with Gasteiger partial charge >= 0.3 is 0 Å². The Morgan fingerprint density at radius 2 is 1.88 bits per heavy atom. The summed E-state index contributed by atoms with van der Waals surface area (Å²) in [5.74, 6) is 1.77. The van der Waals surface area contributed by atoms with E-state index in [9.17, 15) is 0 Å². The lowest BCUT2D eigenvalue weighted by molar-refractivity contribution is 0.107. The minimum atomic E-state index is 0.572. The van der Waals surface area contributed by atoms with E-state index in [1.54, 1.807) is 13.3 Å². The van der Waals surface area contributed by atoms with Crippen molar-refractivity contribution in [3.8, 4) is 5.75 Å². The van der Waals surface area contributed by atoms with Crippen LogP contribution in [0.1, 0.15) is 17.0 Å². The second kappa shape index (κ2) is 8.17. The molecule has 1 heterocycles. The Morgan fingerprint density at radius 1 is 1.04 bits per heavy atom. The van der Waals surface area contributed by atoms with Gasteiger partial charge in [-0.1, -0.05) is 24.3 Å². The third kappa shape index (κ3) is 4.60. The second-order valence-electron chi connectivity index (χ2n) is 5.43. The molecule has 3 rings (SSSR count). The third-order valence-corrected chi connectivity index (χ3v) is 3.64. The largest absolute Gasteiger partial charge is 0.497 e. The minimum Gasteiger partial charge on any atom is -0.497 e. The number of hydrogen-bond acceptors (Lipinski definition) is 4. The number of anilines is 1. The molecule has 124 valence electrons. The number of hydrogen-bond donors (Lipinski definition) is 2. The molecule has 0 fully saturated rings. The predicted molar refractivity (Wildman–Crippen MR) is 93.8 cm³/mol. The predicted octanol–water partition coefficient (Wildman–Crippen LogP) is 3.75. The van der Waals surface area contributed by atoms with Gasteiger partial charge in [0.25, 0.3) is 0 Å². The molecule has 0 spiro atoms. The molecule has 2 aromatic carbocycles. The fraction of sp³-hybridized carbons (Fsp3) is 0.211. The van der Waals surface area contributed by atoms with Crippen molar-refractivity contribution in [3.63, 3.8) is 0 Å². The monoisotopic (exact) mass is 323 g/mol. The highest BCUT2D eigenvalue weighted by molar-refractivity contribution is 5.45. The Labute approximate surface area is 141 Å². The van der Waals surface area contributed by atoms with Crippen molar-refractivity contribution in [1.82, 2.24) is 9.97 Å². The van der Waals surface area contributed by atoms with Gasteiger partial charge < -0.3 is 19.8 Å². The van der Waals surface area contributed by atoms with Crippen LogP contribution >= 0.6 is 0 Å². The molecule has 24 heavy (non-hydrogen) atoms. The fourth-order valence-corrected chi connectivity index (χ4v) is 2.36. The van der Waals surface area contributed by atoms with E-state index in [1.165, 1.54) is 0 Å². The molecule has 0 unspecified atom stereocenters. The first-order chi connectivity index (χ1) is 11.8. The highest BCUT2D eigenvalue weighted by Gasteiger charge is 2.00. The zero-order valence-electron chi connectivity index (χ0n) is 13.7. The van der Waals surface area contributed by atoms with Gasteiger partial charge in [-0.2, -0.15) is 0 Å². The topological polar surface area (TPSA) is 59.2 Å². The fourth-order valence-electron chi connectivity index (χ4n) is 2.36. The summed E-state index contributed by atoms with van der Waals surface area (Å²) in [7, 11) is 1.67. The summed E-state index contributed by atoms with van der Waals surface area (Å²) in [5.41, 5.74) is 3.31. The maximum atomic E-state index is 5.80. The lowest BCUT2D eigenvalue weighted by Crippen LogP contribution is -2.02. The van der Waals surface area contributed by atoms with E-state index in [1.807, 2.05) is 42.6 Å². The van der Waals surface area contributed by atoms with E-state index in [0.717, 1.165) is 28.4 Å². The quantitative estimate of drug-likeness (QED) is 0.663. The first-order valence-electron chi connectivity index (χ1n) is 7.85. The third-order valence-electron chi connectivity index (χ3n) is 3.64. The Kier molecular flexibility index (Phi) is 5.48. The molecule has 0 saturated heterocycles. The van der Waals surface area contributed by atoms with Gasteiger partial charge in [0.1, 0.15) is 11.6 Å². The lowest BCUT2D eigenvalue weighted by Gasteiger charge is -2.09. The van der Waals surface area contributed by atoms with Gasteiger partial charge in [0.2, 0.25) is 0 Å². The number of aromatic amines is 1. The average molecular weight is 323 g/mol. The van der Waals surface area contributed by atoms with Crippen molar-refractivity contribution in [1.29, 1.82) is 0 Å². The Morgan fingerprint density at radius 3 is 2.62 bits per heavy atom. The summed E-state index contributed by atoms with van der Waals surface area (Å²) in [5, 5.41) is 3.35. The Bertz CT molecular complexity index is 740. The van der Waals surface area contributed by atoms with E-state index in [4.69, 9.17) is 9.47 Å². The zero-order valence-corrected chi connectivity index (χ0v) is 13.7. The van der Waals surface area contributed by atoms with Crippen LogP contribution in [0.25, 0.3) is 0 Å². The maximum absolute atomic E-state index is 5.80. The van der Waals surface area contributed by atoms with Crippen LogP contribution in [0.4, 0.5) is 5.69 Å². The lowest BCUT2D eigenvalue weighted by atomic mass is 10.2. The molecule has 0 amide bonds. The van der Waals surface area contributed by atoms with Crippen LogP contribution in [-0.2, 0) is 24.5 Å². The number of ether oxygens (including phenoxy) is 2. The van der Waals surface area contributed by atoms with Gasteiger partial charge in [-0.15, -0.1) is 0 Å². The molecular formula is C19H21N3O2. The van der Waals surface area contributed by atoms with Crippen molar-refractivity contribution >= 4 is 5.69 Å². The van der Waals surface area contributed by atoms with E-state index >= 15 is 0 Å². The van der Waals surface area contributed by atoms with Crippen LogP contribution < -0.4 is 10.1 Å². The van der Waals surface area contributed by atoms with Crippen molar-refractivity contribution in [2.24, 2.45) is 0 Å². The first-order valence-corrected chi connectivity index (χ1v) is 7.85. The molecule has 2 N–H and O–H groups in total. The molecule has 0 bridgehead atoms. The molecule has 0 aliphatic carbocycles. The minimum absolute atomic E-state index is 0.572.